The molecule has 5 nitrogen and oxygen atoms in total. The van der Waals surface area contributed by atoms with Gasteiger partial charge in [0.2, 0.25) is 0 Å². The topological polar surface area (TPSA) is 53.6 Å². The minimum absolute atomic E-state index is 0.110. The maximum absolute atomic E-state index is 12.8. The number of likely N-dealkylation sites (tertiary alicyclic amines) is 1. The van der Waals surface area contributed by atoms with Crippen molar-refractivity contribution in [2.24, 2.45) is 0 Å². The zero-order valence-electron chi connectivity index (χ0n) is 15.8. The van der Waals surface area contributed by atoms with Crippen molar-refractivity contribution in [3.8, 4) is 0 Å². The van der Waals surface area contributed by atoms with Gasteiger partial charge in [-0.1, -0.05) is 29.8 Å². The molecule has 1 fully saturated rings. The predicted molar refractivity (Wildman–Crippen MR) is 108 cm³/mol. The van der Waals surface area contributed by atoms with E-state index in [4.69, 9.17) is 16.4 Å². The molecule has 4 rings (SSSR count). The molecule has 0 atom stereocenters. The van der Waals surface area contributed by atoms with Crippen LogP contribution in [0.1, 0.15) is 24.0 Å². The molecule has 0 saturated carbocycles. The maximum Gasteiger partial charge on any atom is 0.416 e. The minimum atomic E-state index is -4.46. The molecule has 0 radical (unpaired) electrons. The van der Waals surface area contributed by atoms with Gasteiger partial charge in [0.25, 0.3) is 0 Å². The predicted octanol–water partition coefficient (Wildman–Crippen LogP) is 5.30. The van der Waals surface area contributed by atoms with E-state index in [2.05, 4.69) is 10.8 Å². The smallest absolute Gasteiger partial charge is 0.324 e. The summed E-state index contributed by atoms with van der Waals surface area (Å²) in [6, 6.07) is 11.5. The van der Waals surface area contributed by atoms with Gasteiger partial charge in [-0.25, -0.2) is 4.79 Å². The number of carbonyl (C=O) groups is 1. The van der Waals surface area contributed by atoms with Gasteiger partial charge in [-0.2, -0.15) is 13.2 Å². The highest BCUT2D eigenvalue weighted by atomic mass is 35.5. The van der Waals surface area contributed by atoms with Crippen molar-refractivity contribution < 1.29 is 22.8 Å². The first-order chi connectivity index (χ1) is 14.2. The van der Waals surface area contributed by atoms with Crippen molar-refractivity contribution in [3.63, 3.8) is 0 Å². The number of benzene rings is 2. The van der Waals surface area contributed by atoms with Crippen LogP contribution in [0.15, 0.2) is 54.6 Å². The fourth-order valence-corrected chi connectivity index (χ4v) is 3.69. The molecule has 158 valence electrons. The Morgan fingerprint density at radius 3 is 2.50 bits per heavy atom. The Bertz CT molecular complexity index is 968. The first-order valence-electron chi connectivity index (χ1n) is 9.40. The molecule has 1 saturated heterocycles. The van der Waals surface area contributed by atoms with Crippen molar-refractivity contribution >= 4 is 29.0 Å². The van der Waals surface area contributed by atoms with E-state index in [0.717, 1.165) is 23.4 Å². The van der Waals surface area contributed by atoms with Crippen LogP contribution in [-0.2, 0) is 11.0 Å². The molecule has 2 aromatic rings. The molecular weight excluding hydrogens is 419 g/mol. The van der Waals surface area contributed by atoms with Crippen molar-refractivity contribution in [2.45, 2.75) is 24.6 Å². The van der Waals surface area contributed by atoms with Crippen LogP contribution in [0.5, 0.6) is 0 Å². The number of nitrogens with one attached hydrogen (secondary N) is 2. The zero-order valence-corrected chi connectivity index (χ0v) is 16.6. The third-order valence-corrected chi connectivity index (χ3v) is 5.52. The summed E-state index contributed by atoms with van der Waals surface area (Å²) in [7, 11) is 0. The maximum atomic E-state index is 12.8. The van der Waals surface area contributed by atoms with Crippen LogP contribution in [-0.4, -0.2) is 29.6 Å². The van der Waals surface area contributed by atoms with Crippen LogP contribution >= 0.6 is 11.6 Å². The van der Waals surface area contributed by atoms with E-state index in [0.29, 0.717) is 31.0 Å². The largest absolute Gasteiger partial charge is 0.416 e. The molecule has 2 N–H and O–H groups in total. The molecule has 0 bridgehead atoms. The Morgan fingerprint density at radius 1 is 1.13 bits per heavy atom. The molecule has 2 aliphatic rings. The van der Waals surface area contributed by atoms with Crippen molar-refractivity contribution in [2.75, 3.05) is 18.4 Å². The van der Waals surface area contributed by atoms with Crippen molar-refractivity contribution in [3.05, 3.63) is 70.8 Å². The van der Waals surface area contributed by atoms with Crippen LogP contribution in [0.2, 0.25) is 5.02 Å². The van der Waals surface area contributed by atoms with E-state index in [9.17, 15) is 18.0 Å². The summed E-state index contributed by atoms with van der Waals surface area (Å²) in [4.78, 5) is 19.9. The highest BCUT2D eigenvalue weighted by Crippen LogP contribution is 2.35. The van der Waals surface area contributed by atoms with E-state index in [1.807, 2.05) is 18.2 Å². The van der Waals surface area contributed by atoms with Crippen LogP contribution in [0, 0.1) is 0 Å². The second-order valence-electron chi connectivity index (χ2n) is 7.33. The SMILES string of the molecule is O=C(Nc1cccc(C(F)(F)F)c1)N1CCC2(C=C(c3ccc(Cl)cc3)NO2)CC1. The summed E-state index contributed by atoms with van der Waals surface area (Å²) in [5.41, 5.74) is 3.52. The molecule has 1 spiro atoms. The normalized spacial score (nSPS) is 18.1. The quantitative estimate of drug-likeness (QED) is 0.670. The van der Waals surface area contributed by atoms with E-state index in [-0.39, 0.29) is 5.69 Å². The summed E-state index contributed by atoms with van der Waals surface area (Å²) in [5.74, 6) is 0. The van der Waals surface area contributed by atoms with E-state index >= 15 is 0 Å². The lowest BCUT2D eigenvalue weighted by Crippen LogP contribution is -2.48. The van der Waals surface area contributed by atoms with Gasteiger partial charge in [0.1, 0.15) is 5.60 Å². The number of amides is 2. The second kappa shape index (κ2) is 7.85. The summed E-state index contributed by atoms with van der Waals surface area (Å²) in [5, 5.41) is 3.19. The first-order valence-corrected chi connectivity index (χ1v) is 9.78. The number of urea groups is 1. The zero-order chi connectivity index (χ0) is 21.4. The second-order valence-corrected chi connectivity index (χ2v) is 7.77. The summed E-state index contributed by atoms with van der Waals surface area (Å²) in [6.45, 7) is 0.827. The van der Waals surface area contributed by atoms with Gasteiger partial charge >= 0.3 is 12.2 Å². The van der Waals surface area contributed by atoms with Gasteiger partial charge in [-0.3, -0.25) is 10.3 Å². The first kappa shape index (κ1) is 20.6. The Kier molecular flexibility index (Phi) is 5.38. The number of piperidine rings is 1. The number of anilines is 1. The van der Waals surface area contributed by atoms with Crippen LogP contribution in [0.4, 0.5) is 23.7 Å². The molecule has 0 unspecified atom stereocenters. The Morgan fingerprint density at radius 2 is 1.83 bits per heavy atom. The van der Waals surface area contributed by atoms with Crippen LogP contribution < -0.4 is 10.8 Å². The monoisotopic (exact) mass is 437 g/mol. The molecule has 2 aliphatic heterocycles. The molecule has 2 aromatic carbocycles. The van der Waals surface area contributed by atoms with Gasteiger partial charge in [0.15, 0.2) is 0 Å². The summed E-state index contributed by atoms with van der Waals surface area (Å²) < 4.78 is 38.5. The summed E-state index contributed by atoms with van der Waals surface area (Å²) >= 11 is 5.92. The average Bonchev–Trinajstić information content (AvgIpc) is 3.12. The number of hydroxylamine groups is 1. The number of rotatable bonds is 2. The number of alkyl halides is 3. The summed E-state index contributed by atoms with van der Waals surface area (Å²) in [6.07, 6.45) is -1.32. The lowest BCUT2D eigenvalue weighted by atomic mass is 9.90. The molecule has 9 heteroatoms. The molecule has 2 amide bonds. The van der Waals surface area contributed by atoms with Crippen LogP contribution in [0.25, 0.3) is 5.70 Å². The van der Waals surface area contributed by atoms with Gasteiger partial charge in [0, 0.05) is 36.6 Å². The molecule has 0 aliphatic carbocycles. The van der Waals surface area contributed by atoms with Gasteiger partial charge in [-0.15, -0.1) is 0 Å². The standard InChI is InChI=1S/C21H19ClF3N3O2/c22-16-6-4-14(5-7-16)18-13-20(30-27-18)8-10-28(11-9-20)19(29)26-17-3-1-2-15(12-17)21(23,24)25/h1-7,12-13,27H,8-11H2,(H,26,29). The van der Waals surface area contributed by atoms with E-state index in [1.165, 1.54) is 12.1 Å². The fourth-order valence-electron chi connectivity index (χ4n) is 3.56. The van der Waals surface area contributed by atoms with Gasteiger partial charge < -0.3 is 10.2 Å². The fraction of sp³-hybridized carbons (Fsp3) is 0.286. The van der Waals surface area contributed by atoms with E-state index in [1.54, 1.807) is 17.0 Å². The molecular formula is C21H19ClF3N3O2. The molecule has 0 aromatic heterocycles. The Labute approximate surface area is 176 Å². The van der Waals surface area contributed by atoms with E-state index < -0.39 is 23.4 Å². The van der Waals surface area contributed by atoms with Gasteiger partial charge in [-0.05, 0) is 42.0 Å². The Balaban J connectivity index is 1.38. The third kappa shape index (κ3) is 4.39. The molecule has 30 heavy (non-hydrogen) atoms. The lowest BCUT2D eigenvalue weighted by Gasteiger charge is -2.36. The number of hydrogen-bond donors (Lipinski definition) is 2. The van der Waals surface area contributed by atoms with Crippen LogP contribution in [0.3, 0.4) is 0 Å². The highest BCUT2D eigenvalue weighted by molar-refractivity contribution is 6.30. The highest BCUT2D eigenvalue weighted by Gasteiger charge is 2.40. The lowest BCUT2D eigenvalue weighted by molar-refractivity contribution is -0.137. The third-order valence-electron chi connectivity index (χ3n) is 5.27. The van der Waals surface area contributed by atoms with Gasteiger partial charge in [0.05, 0.1) is 11.3 Å². The van der Waals surface area contributed by atoms with Crippen molar-refractivity contribution in [1.82, 2.24) is 10.4 Å². The number of halogens is 4. The number of hydrogen-bond acceptors (Lipinski definition) is 3. The Hall–Kier alpha value is -2.71. The minimum Gasteiger partial charge on any atom is -0.324 e. The molecule has 2 heterocycles. The van der Waals surface area contributed by atoms with Crippen molar-refractivity contribution in [1.29, 1.82) is 0 Å². The number of carbonyl (C=O) groups excluding carboxylic acids is 1. The number of nitrogens with zero attached hydrogens (tertiary/aromatic N) is 1. The average molecular weight is 438 g/mol.